The van der Waals surface area contributed by atoms with Crippen LogP contribution in [0.2, 0.25) is 0 Å². The van der Waals surface area contributed by atoms with Crippen LogP contribution in [0.1, 0.15) is 26.7 Å². The molecule has 1 fully saturated rings. The molecule has 2 rings (SSSR count). The van der Waals surface area contributed by atoms with Crippen LogP contribution in [0.3, 0.4) is 0 Å². The first-order chi connectivity index (χ1) is 9.76. The highest BCUT2D eigenvalue weighted by Gasteiger charge is 2.34. The molecule has 0 saturated carbocycles. The number of carbonyl (C=O) groups is 1. The first-order valence-electron chi connectivity index (χ1n) is 7.86. The SMILES string of the molecule is CCN(CC)CCCNC(=O)C1NCC2CC=CC=C21. The molecule has 2 N–H and O–H groups in total. The maximum Gasteiger partial charge on any atom is 0.241 e. The molecule has 1 aliphatic heterocycles. The highest BCUT2D eigenvalue weighted by Crippen LogP contribution is 2.28. The third-order valence-electron chi connectivity index (χ3n) is 4.33. The monoisotopic (exact) mass is 277 g/mol. The number of rotatable bonds is 7. The van der Waals surface area contributed by atoms with Gasteiger partial charge in [0.1, 0.15) is 6.04 Å². The summed E-state index contributed by atoms with van der Waals surface area (Å²) in [5.41, 5.74) is 1.26. The molecule has 1 saturated heterocycles. The summed E-state index contributed by atoms with van der Waals surface area (Å²) in [6.45, 7) is 9.25. The molecule has 1 aliphatic carbocycles. The number of carbonyl (C=O) groups excluding carboxylic acids is 1. The molecule has 0 aromatic heterocycles. The topological polar surface area (TPSA) is 44.4 Å². The zero-order valence-electron chi connectivity index (χ0n) is 12.7. The van der Waals surface area contributed by atoms with Gasteiger partial charge in [0.15, 0.2) is 0 Å². The Morgan fingerprint density at radius 1 is 1.45 bits per heavy atom. The zero-order valence-corrected chi connectivity index (χ0v) is 12.7. The molecule has 0 aromatic carbocycles. The second-order valence-corrected chi connectivity index (χ2v) is 5.54. The van der Waals surface area contributed by atoms with Crippen molar-refractivity contribution in [3.05, 3.63) is 23.8 Å². The van der Waals surface area contributed by atoms with Gasteiger partial charge in [-0.2, -0.15) is 0 Å². The number of nitrogens with one attached hydrogen (secondary N) is 2. The summed E-state index contributed by atoms with van der Waals surface area (Å²) in [4.78, 5) is 14.6. The van der Waals surface area contributed by atoms with Crippen molar-refractivity contribution in [1.29, 1.82) is 0 Å². The van der Waals surface area contributed by atoms with E-state index in [0.29, 0.717) is 5.92 Å². The number of amides is 1. The van der Waals surface area contributed by atoms with E-state index >= 15 is 0 Å². The van der Waals surface area contributed by atoms with E-state index in [2.05, 4.69) is 47.6 Å². The van der Waals surface area contributed by atoms with Gasteiger partial charge in [-0.25, -0.2) is 0 Å². The zero-order chi connectivity index (χ0) is 14.4. The lowest BCUT2D eigenvalue weighted by Gasteiger charge is -2.19. The third-order valence-corrected chi connectivity index (χ3v) is 4.33. The van der Waals surface area contributed by atoms with Gasteiger partial charge in [0.25, 0.3) is 0 Å². The summed E-state index contributed by atoms with van der Waals surface area (Å²) in [6.07, 6.45) is 8.43. The molecule has 1 amide bonds. The molecule has 112 valence electrons. The smallest absolute Gasteiger partial charge is 0.241 e. The van der Waals surface area contributed by atoms with E-state index in [0.717, 1.165) is 45.6 Å². The Balaban J connectivity index is 1.73. The molecule has 4 heteroatoms. The normalized spacial score (nSPS) is 24.6. The summed E-state index contributed by atoms with van der Waals surface area (Å²) < 4.78 is 0. The molecular weight excluding hydrogens is 250 g/mol. The molecule has 0 bridgehead atoms. The van der Waals surface area contributed by atoms with Crippen LogP contribution in [0.4, 0.5) is 0 Å². The predicted octanol–water partition coefficient (Wildman–Crippen LogP) is 1.31. The summed E-state index contributed by atoms with van der Waals surface area (Å²) in [5, 5.41) is 6.41. The molecule has 0 radical (unpaired) electrons. The van der Waals surface area contributed by atoms with E-state index in [1.54, 1.807) is 0 Å². The molecule has 20 heavy (non-hydrogen) atoms. The largest absolute Gasteiger partial charge is 0.354 e. The van der Waals surface area contributed by atoms with Gasteiger partial charge in [-0.15, -0.1) is 0 Å². The predicted molar refractivity (Wildman–Crippen MR) is 82.5 cm³/mol. The maximum absolute atomic E-state index is 12.2. The summed E-state index contributed by atoms with van der Waals surface area (Å²) >= 11 is 0. The Labute approximate surface area is 122 Å². The number of nitrogens with zero attached hydrogens (tertiary/aromatic N) is 1. The van der Waals surface area contributed by atoms with Crippen molar-refractivity contribution in [2.75, 3.05) is 32.7 Å². The van der Waals surface area contributed by atoms with Crippen LogP contribution in [-0.2, 0) is 4.79 Å². The average molecular weight is 277 g/mol. The first kappa shape index (κ1) is 15.3. The minimum atomic E-state index is -0.113. The summed E-state index contributed by atoms with van der Waals surface area (Å²) in [5.74, 6) is 0.653. The summed E-state index contributed by atoms with van der Waals surface area (Å²) in [6, 6.07) is -0.113. The molecule has 0 spiro atoms. The molecule has 1 heterocycles. The van der Waals surface area contributed by atoms with Crippen molar-refractivity contribution in [2.45, 2.75) is 32.7 Å². The number of allylic oxidation sites excluding steroid dienone is 3. The van der Waals surface area contributed by atoms with Crippen molar-refractivity contribution in [1.82, 2.24) is 15.5 Å². The highest BCUT2D eigenvalue weighted by molar-refractivity contribution is 5.86. The van der Waals surface area contributed by atoms with Crippen molar-refractivity contribution >= 4 is 5.91 Å². The van der Waals surface area contributed by atoms with Gasteiger partial charge < -0.3 is 15.5 Å². The number of fused-ring (bicyclic) bond motifs is 1. The lowest BCUT2D eigenvalue weighted by atomic mass is 9.91. The van der Waals surface area contributed by atoms with Gasteiger partial charge in [0, 0.05) is 13.1 Å². The van der Waals surface area contributed by atoms with Crippen LogP contribution in [-0.4, -0.2) is 49.6 Å². The molecule has 2 atom stereocenters. The van der Waals surface area contributed by atoms with Crippen LogP contribution in [0.25, 0.3) is 0 Å². The fourth-order valence-corrected chi connectivity index (χ4v) is 3.01. The number of hydrogen-bond acceptors (Lipinski definition) is 3. The van der Waals surface area contributed by atoms with Crippen molar-refractivity contribution in [3.8, 4) is 0 Å². The van der Waals surface area contributed by atoms with Gasteiger partial charge >= 0.3 is 0 Å². The van der Waals surface area contributed by atoms with Gasteiger partial charge in [0.05, 0.1) is 0 Å². The van der Waals surface area contributed by atoms with E-state index in [1.165, 1.54) is 5.57 Å². The van der Waals surface area contributed by atoms with Crippen LogP contribution in [0.15, 0.2) is 23.8 Å². The van der Waals surface area contributed by atoms with Gasteiger partial charge in [-0.1, -0.05) is 32.1 Å². The fraction of sp³-hybridized carbons (Fsp3) is 0.688. The third kappa shape index (κ3) is 3.70. The van der Waals surface area contributed by atoms with Gasteiger partial charge in [-0.3, -0.25) is 4.79 Å². The Hall–Kier alpha value is -1.13. The molecule has 0 aromatic rings. The average Bonchev–Trinajstić information content (AvgIpc) is 2.91. The van der Waals surface area contributed by atoms with Crippen LogP contribution >= 0.6 is 0 Å². The minimum Gasteiger partial charge on any atom is -0.354 e. The lowest BCUT2D eigenvalue weighted by Crippen LogP contribution is -2.42. The second kappa shape index (κ2) is 7.60. The van der Waals surface area contributed by atoms with E-state index in [1.807, 2.05) is 0 Å². The second-order valence-electron chi connectivity index (χ2n) is 5.54. The van der Waals surface area contributed by atoms with Crippen LogP contribution < -0.4 is 10.6 Å². The molecule has 2 unspecified atom stereocenters. The summed E-state index contributed by atoms with van der Waals surface area (Å²) in [7, 11) is 0. The van der Waals surface area contributed by atoms with E-state index in [9.17, 15) is 4.79 Å². The van der Waals surface area contributed by atoms with Crippen molar-refractivity contribution in [3.63, 3.8) is 0 Å². The van der Waals surface area contributed by atoms with Gasteiger partial charge in [-0.05, 0) is 44.0 Å². The Kier molecular flexibility index (Phi) is 5.80. The van der Waals surface area contributed by atoms with Crippen LogP contribution in [0.5, 0.6) is 0 Å². The molecule has 2 aliphatic rings. The van der Waals surface area contributed by atoms with Crippen molar-refractivity contribution in [2.24, 2.45) is 5.92 Å². The fourth-order valence-electron chi connectivity index (χ4n) is 3.01. The Morgan fingerprint density at radius 3 is 3.00 bits per heavy atom. The lowest BCUT2D eigenvalue weighted by molar-refractivity contribution is -0.122. The highest BCUT2D eigenvalue weighted by atomic mass is 16.2. The van der Waals surface area contributed by atoms with Crippen molar-refractivity contribution < 1.29 is 4.79 Å². The Bertz CT molecular complexity index is 385. The Morgan fingerprint density at radius 2 is 2.25 bits per heavy atom. The standard InChI is InChI=1S/C16H27N3O/c1-3-19(4-2)11-7-10-17-16(20)15-14-9-6-5-8-13(14)12-18-15/h5-6,9,13,15,18H,3-4,7-8,10-12H2,1-2H3,(H,17,20). The quantitative estimate of drug-likeness (QED) is 0.690. The van der Waals surface area contributed by atoms with Crippen LogP contribution in [0, 0.1) is 5.92 Å². The van der Waals surface area contributed by atoms with E-state index in [4.69, 9.17) is 0 Å². The minimum absolute atomic E-state index is 0.113. The van der Waals surface area contributed by atoms with E-state index in [-0.39, 0.29) is 11.9 Å². The molecule has 4 nitrogen and oxygen atoms in total. The van der Waals surface area contributed by atoms with E-state index < -0.39 is 0 Å². The number of hydrogen-bond donors (Lipinski definition) is 2. The van der Waals surface area contributed by atoms with Gasteiger partial charge in [0.2, 0.25) is 5.91 Å². The molecular formula is C16H27N3O. The first-order valence-corrected chi connectivity index (χ1v) is 7.86. The maximum atomic E-state index is 12.2.